The third kappa shape index (κ3) is 1.90. The molecule has 2 saturated carbocycles. The first-order valence-corrected chi connectivity index (χ1v) is 5.96. The van der Waals surface area contributed by atoms with Gasteiger partial charge in [0.15, 0.2) is 0 Å². The maximum Gasteiger partial charge on any atom is 0.0133 e. The largest absolute Gasteiger partial charge is 0.311 e. The molecule has 0 heterocycles. The Morgan fingerprint density at radius 3 is 2.00 bits per heavy atom. The lowest BCUT2D eigenvalue weighted by atomic mass is 10.0. The van der Waals surface area contributed by atoms with Crippen molar-refractivity contribution in [2.45, 2.75) is 58.5 Å². The van der Waals surface area contributed by atoms with Crippen LogP contribution in [0, 0.1) is 17.8 Å². The van der Waals surface area contributed by atoms with Crippen LogP contribution in [0.4, 0.5) is 0 Å². The molecule has 0 aromatic rings. The normalized spacial score (nSPS) is 40.2. The van der Waals surface area contributed by atoms with Crippen LogP contribution in [0.15, 0.2) is 0 Å². The average molecular weight is 181 g/mol. The Morgan fingerprint density at radius 1 is 1.00 bits per heavy atom. The van der Waals surface area contributed by atoms with Crippen molar-refractivity contribution >= 4 is 0 Å². The monoisotopic (exact) mass is 181 g/mol. The van der Waals surface area contributed by atoms with Crippen LogP contribution in [-0.4, -0.2) is 12.1 Å². The van der Waals surface area contributed by atoms with Gasteiger partial charge < -0.3 is 5.32 Å². The molecule has 2 rings (SSSR count). The molecule has 0 bridgehead atoms. The van der Waals surface area contributed by atoms with Crippen LogP contribution >= 0.6 is 0 Å². The summed E-state index contributed by atoms with van der Waals surface area (Å²) >= 11 is 0. The van der Waals surface area contributed by atoms with Crippen molar-refractivity contribution in [3.05, 3.63) is 0 Å². The molecule has 13 heavy (non-hydrogen) atoms. The highest BCUT2D eigenvalue weighted by atomic mass is 15.0. The van der Waals surface area contributed by atoms with E-state index in [1.165, 1.54) is 25.7 Å². The molecule has 2 aliphatic rings. The van der Waals surface area contributed by atoms with Crippen LogP contribution in [0.1, 0.15) is 46.5 Å². The van der Waals surface area contributed by atoms with E-state index >= 15 is 0 Å². The van der Waals surface area contributed by atoms with E-state index in [0.717, 1.165) is 23.8 Å². The smallest absolute Gasteiger partial charge is 0.0133 e. The van der Waals surface area contributed by atoms with Gasteiger partial charge in [-0.15, -0.1) is 0 Å². The first-order chi connectivity index (χ1) is 6.20. The van der Waals surface area contributed by atoms with Crippen molar-refractivity contribution in [2.24, 2.45) is 17.8 Å². The van der Waals surface area contributed by atoms with E-state index in [0.29, 0.717) is 6.04 Å². The van der Waals surface area contributed by atoms with Crippen LogP contribution in [0.2, 0.25) is 0 Å². The van der Waals surface area contributed by atoms with Gasteiger partial charge in [-0.2, -0.15) is 0 Å². The molecule has 2 aliphatic carbocycles. The molecule has 2 fully saturated rings. The Balaban J connectivity index is 1.78. The fourth-order valence-corrected chi connectivity index (χ4v) is 2.74. The van der Waals surface area contributed by atoms with E-state index in [2.05, 4.69) is 26.1 Å². The Morgan fingerprint density at radius 2 is 1.54 bits per heavy atom. The van der Waals surface area contributed by atoms with Gasteiger partial charge in [-0.1, -0.05) is 26.7 Å². The average Bonchev–Trinajstić information content (AvgIpc) is 2.79. The lowest BCUT2D eigenvalue weighted by Crippen LogP contribution is -2.34. The Labute approximate surface area is 82.3 Å². The van der Waals surface area contributed by atoms with Gasteiger partial charge in [0, 0.05) is 12.1 Å². The highest BCUT2D eigenvalue weighted by molar-refractivity contribution is 5.05. The maximum absolute atomic E-state index is 3.80. The fraction of sp³-hybridized carbons (Fsp3) is 1.00. The minimum Gasteiger partial charge on any atom is -0.311 e. The molecule has 76 valence electrons. The molecular formula is C12H23N. The van der Waals surface area contributed by atoms with Gasteiger partial charge >= 0.3 is 0 Å². The summed E-state index contributed by atoms with van der Waals surface area (Å²) in [7, 11) is 0. The molecule has 0 spiro atoms. The second-order valence-corrected chi connectivity index (χ2v) is 5.34. The van der Waals surface area contributed by atoms with Gasteiger partial charge in [0.1, 0.15) is 0 Å². The molecule has 3 atom stereocenters. The Hall–Kier alpha value is -0.0400. The van der Waals surface area contributed by atoms with Gasteiger partial charge in [0.05, 0.1) is 0 Å². The minimum absolute atomic E-state index is 0.704. The molecule has 1 nitrogen and oxygen atoms in total. The highest BCUT2D eigenvalue weighted by Crippen LogP contribution is 2.49. The molecule has 0 saturated heterocycles. The lowest BCUT2D eigenvalue weighted by Gasteiger charge is -2.17. The molecular weight excluding hydrogens is 158 g/mol. The van der Waals surface area contributed by atoms with Gasteiger partial charge in [-0.05, 0) is 37.5 Å². The molecule has 0 amide bonds. The predicted molar refractivity (Wildman–Crippen MR) is 56.7 cm³/mol. The molecule has 0 aromatic heterocycles. The van der Waals surface area contributed by atoms with Crippen molar-refractivity contribution < 1.29 is 0 Å². The quantitative estimate of drug-likeness (QED) is 0.706. The van der Waals surface area contributed by atoms with Crippen molar-refractivity contribution in [3.8, 4) is 0 Å². The van der Waals surface area contributed by atoms with Crippen molar-refractivity contribution in [2.75, 3.05) is 0 Å². The number of fused-ring (bicyclic) bond motifs is 1. The van der Waals surface area contributed by atoms with Crippen LogP contribution in [0.3, 0.4) is 0 Å². The molecule has 3 unspecified atom stereocenters. The van der Waals surface area contributed by atoms with Crippen LogP contribution in [0.25, 0.3) is 0 Å². The van der Waals surface area contributed by atoms with E-state index in [1.54, 1.807) is 0 Å². The zero-order chi connectivity index (χ0) is 9.42. The summed E-state index contributed by atoms with van der Waals surface area (Å²) in [4.78, 5) is 0. The predicted octanol–water partition coefficient (Wildman–Crippen LogP) is 2.81. The van der Waals surface area contributed by atoms with E-state index in [1.807, 2.05) is 0 Å². The summed E-state index contributed by atoms with van der Waals surface area (Å²) in [5, 5.41) is 3.80. The minimum atomic E-state index is 0.704. The summed E-state index contributed by atoms with van der Waals surface area (Å²) in [5.74, 6) is 2.88. The first kappa shape index (κ1) is 9.51. The number of hydrogen-bond donors (Lipinski definition) is 1. The third-order valence-electron chi connectivity index (χ3n) is 4.11. The number of hydrogen-bond acceptors (Lipinski definition) is 1. The van der Waals surface area contributed by atoms with E-state index < -0.39 is 0 Å². The van der Waals surface area contributed by atoms with Crippen LogP contribution in [-0.2, 0) is 0 Å². The summed E-state index contributed by atoms with van der Waals surface area (Å²) in [5.41, 5.74) is 0. The van der Waals surface area contributed by atoms with Gasteiger partial charge in [-0.25, -0.2) is 0 Å². The number of rotatable bonds is 3. The SMILES string of the molecule is CC(C)C(C)NC1C2CCCCC21. The van der Waals surface area contributed by atoms with Crippen molar-refractivity contribution in [1.29, 1.82) is 0 Å². The lowest BCUT2D eigenvalue weighted by molar-refractivity contribution is 0.410. The molecule has 1 heteroatoms. The van der Waals surface area contributed by atoms with Crippen molar-refractivity contribution in [1.82, 2.24) is 5.32 Å². The molecule has 1 N–H and O–H groups in total. The Bertz CT molecular complexity index is 164. The Kier molecular flexibility index (Phi) is 2.64. The summed E-state index contributed by atoms with van der Waals surface area (Å²) in [6, 6.07) is 1.59. The third-order valence-corrected chi connectivity index (χ3v) is 4.11. The first-order valence-electron chi connectivity index (χ1n) is 5.96. The molecule has 0 aromatic carbocycles. The van der Waals surface area contributed by atoms with E-state index in [9.17, 15) is 0 Å². The van der Waals surface area contributed by atoms with Gasteiger partial charge in [0.25, 0.3) is 0 Å². The topological polar surface area (TPSA) is 12.0 Å². The fourth-order valence-electron chi connectivity index (χ4n) is 2.74. The number of nitrogens with one attached hydrogen (secondary N) is 1. The molecule has 0 aliphatic heterocycles. The van der Waals surface area contributed by atoms with Crippen LogP contribution < -0.4 is 5.32 Å². The summed E-state index contributed by atoms with van der Waals surface area (Å²) in [6.45, 7) is 6.95. The zero-order valence-electron chi connectivity index (χ0n) is 9.22. The summed E-state index contributed by atoms with van der Waals surface area (Å²) < 4.78 is 0. The van der Waals surface area contributed by atoms with E-state index in [-0.39, 0.29) is 0 Å². The second-order valence-electron chi connectivity index (χ2n) is 5.34. The molecule has 0 radical (unpaired) electrons. The van der Waals surface area contributed by atoms with E-state index in [4.69, 9.17) is 0 Å². The van der Waals surface area contributed by atoms with Gasteiger partial charge in [0.2, 0.25) is 0 Å². The van der Waals surface area contributed by atoms with Crippen LogP contribution in [0.5, 0.6) is 0 Å². The second kappa shape index (κ2) is 3.61. The zero-order valence-corrected chi connectivity index (χ0v) is 9.22. The highest BCUT2D eigenvalue weighted by Gasteiger charge is 2.50. The van der Waals surface area contributed by atoms with Crippen molar-refractivity contribution in [3.63, 3.8) is 0 Å². The maximum atomic E-state index is 3.80. The van der Waals surface area contributed by atoms with Gasteiger partial charge in [-0.3, -0.25) is 0 Å². The standard InChI is InChI=1S/C12H23N/c1-8(2)9(3)13-12-10-6-4-5-7-11(10)12/h8-13H,4-7H2,1-3H3. The summed E-state index contributed by atoms with van der Waals surface area (Å²) in [6.07, 6.45) is 5.95.